The molecule has 1 aromatic rings. The normalized spacial score (nSPS) is 24.7. The Bertz CT molecular complexity index is 1110. The first kappa shape index (κ1) is 24.2. The van der Waals surface area contributed by atoms with E-state index in [-0.39, 0.29) is 29.0 Å². The Balaban J connectivity index is 1.14. The van der Waals surface area contributed by atoms with Crippen LogP contribution in [0.15, 0.2) is 44.7 Å². The lowest BCUT2D eigenvalue weighted by atomic mass is 9.71. The molecule has 2 unspecified atom stereocenters. The van der Waals surface area contributed by atoms with E-state index in [2.05, 4.69) is 30.7 Å². The molecule has 6 nitrogen and oxygen atoms in total. The van der Waals surface area contributed by atoms with Crippen LogP contribution in [0.25, 0.3) is 0 Å². The van der Waals surface area contributed by atoms with Crippen molar-refractivity contribution in [2.75, 3.05) is 31.1 Å². The molecule has 3 heterocycles. The Morgan fingerprint density at radius 3 is 2.51 bits per heavy atom. The van der Waals surface area contributed by atoms with Gasteiger partial charge in [-0.3, -0.25) is 9.59 Å². The zero-order valence-corrected chi connectivity index (χ0v) is 21.5. The van der Waals surface area contributed by atoms with Crippen molar-refractivity contribution in [3.63, 3.8) is 0 Å². The van der Waals surface area contributed by atoms with Gasteiger partial charge in [0.1, 0.15) is 17.6 Å². The van der Waals surface area contributed by atoms with Crippen LogP contribution in [0.1, 0.15) is 52.9 Å². The minimum absolute atomic E-state index is 0.0609. The van der Waals surface area contributed by atoms with Gasteiger partial charge in [-0.2, -0.15) is 4.99 Å². The van der Waals surface area contributed by atoms with E-state index < -0.39 is 0 Å². The number of aliphatic imine (C=N–C) groups is 2. The summed E-state index contributed by atoms with van der Waals surface area (Å²) in [6.07, 6.45) is 3.76. The molecule has 0 radical (unpaired) electrons. The molecule has 1 fully saturated rings. The first-order valence-electron chi connectivity index (χ1n) is 12.6. The van der Waals surface area contributed by atoms with E-state index in [4.69, 9.17) is 4.99 Å². The quantitative estimate of drug-likeness (QED) is 0.585. The van der Waals surface area contributed by atoms with E-state index in [1.165, 1.54) is 22.6 Å². The van der Waals surface area contributed by atoms with Gasteiger partial charge in [-0.1, -0.05) is 32.5 Å². The maximum absolute atomic E-state index is 13.2. The number of anilines is 1. The number of carbonyl (C=O) groups excluding carboxylic acids is 2. The number of hydrogen-bond acceptors (Lipinski definition) is 5. The molecule has 186 valence electrons. The van der Waals surface area contributed by atoms with Gasteiger partial charge in [0.25, 0.3) is 5.91 Å². The lowest BCUT2D eigenvalue weighted by Crippen LogP contribution is -2.48. The van der Waals surface area contributed by atoms with Crippen LogP contribution < -0.4 is 4.90 Å². The number of amides is 2. The van der Waals surface area contributed by atoms with Crippen molar-refractivity contribution >= 4 is 40.1 Å². The van der Waals surface area contributed by atoms with Crippen molar-refractivity contribution in [2.24, 2.45) is 27.2 Å². The van der Waals surface area contributed by atoms with Crippen molar-refractivity contribution in [1.82, 2.24) is 4.90 Å². The lowest BCUT2D eigenvalue weighted by molar-refractivity contribution is -0.131. The van der Waals surface area contributed by atoms with Gasteiger partial charge in [0.15, 0.2) is 0 Å². The van der Waals surface area contributed by atoms with E-state index in [1.807, 2.05) is 4.90 Å². The minimum atomic E-state index is -0.282. The summed E-state index contributed by atoms with van der Waals surface area (Å²) < 4.78 is 13.2. The van der Waals surface area contributed by atoms with E-state index in [0.29, 0.717) is 50.8 Å². The van der Waals surface area contributed by atoms with Crippen LogP contribution in [0.4, 0.5) is 10.1 Å². The maximum atomic E-state index is 13.2. The predicted molar refractivity (Wildman–Crippen MR) is 139 cm³/mol. The minimum Gasteiger partial charge on any atom is -0.368 e. The molecule has 0 bridgehead atoms. The van der Waals surface area contributed by atoms with Crippen molar-refractivity contribution in [1.29, 1.82) is 0 Å². The molecule has 1 aromatic carbocycles. The number of nitrogens with zero attached hydrogens (tertiary/aromatic N) is 4. The van der Waals surface area contributed by atoms with Gasteiger partial charge >= 0.3 is 0 Å². The Morgan fingerprint density at radius 1 is 1.11 bits per heavy atom. The summed E-state index contributed by atoms with van der Waals surface area (Å²) in [5.74, 6) is 0.519. The molecule has 1 aliphatic carbocycles. The largest absolute Gasteiger partial charge is 0.368 e. The molecule has 0 N–H and O–H groups in total. The number of piperazine rings is 1. The summed E-state index contributed by atoms with van der Waals surface area (Å²) in [5.41, 5.74) is 2.46. The molecule has 3 aliphatic heterocycles. The second kappa shape index (κ2) is 9.52. The number of carbonyl (C=O) groups is 2. The highest BCUT2D eigenvalue weighted by atomic mass is 32.2. The van der Waals surface area contributed by atoms with E-state index in [9.17, 15) is 14.0 Å². The average molecular weight is 497 g/mol. The number of fused-ring (bicyclic) bond motifs is 2. The van der Waals surface area contributed by atoms with Gasteiger partial charge in [0.05, 0.1) is 5.04 Å². The Morgan fingerprint density at radius 2 is 1.83 bits per heavy atom. The maximum Gasteiger partial charge on any atom is 0.261 e. The summed E-state index contributed by atoms with van der Waals surface area (Å²) in [6, 6.07) is 6.47. The standard InChI is InChI=1S/C27H33FN4O2S/c1-27(2,3)17-4-9-20-21(16-17)35-26-24(20)25(34)29-22(30-26)10-11-23(33)32-14-12-31(13-15-32)19-7-5-18(28)6-8-19/h5-8,17,24H,4,9-16H2,1-3H3. The van der Waals surface area contributed by atoms with Crippen LogP contribution in [0.3, 0.4) is 0 Å². The summed E-state index contributed by atoms with van der Waals surface area (Å²) in [5, 5.41) is 0.861. The molecule has 0 spiro atoms. The lowest BCUT2D eigenvalue weighted by Gasteiger charge is -2.36. The first-order chi connectivity index (χ1) is 16.7. The molecule has 8 heteroatoms. The number of rotatable bonds is 4. The van der Waals surface area contributed by atoms with Crippen LogP contribution >= 0.6 is 11.8 Å². The zero-order valence-electron chi connectivity index (χ0n) is 20.7. The fourth-order valence-corrected chi connectivity index (χ4v) is 6.85. The van der Waals surface area contributed by atoms with Gasteiger partial charge < -0.3 is 9.80 Å². The molecule has 0 aromatic heterocycles. The van der Waals surface area contributed by atoms with Crippen LogP contribution in [-0.2, 0) is 9.59 Å². The van der Waals surface area contributed by atoms with Gasteiger partial charge in [0.2, 0.25) is 5.91 Å². The Labute approximate surface area is 210 Å². The fourth-order valence-electron chi connectivity index (χ4n) is 5.45. The third-order valence-electron chi connectivity index (χ3n) is 7.71. The van der Waals surface area contributed by atoms with Gasteiger partial charge in [-0.05, 0) is 65.3 Å². The molecular weight excluding hydrogens is 463 g/mol. The topological polar surface area (TPSA) is 65.3 Å². The Hall–Kier alpha value is -2.48. The second-order valence-electron chi connectivity index (χ2n) is 10.9. The van der Waals surface area contributed by atoms with Crippen molar-refractivity contribution in [3.8, 4) is 0 Å². The summed E-state index contributed by atoms with van der Waals surface area (Å²) in [7, 11) is 0. The molecule has 5 rings (SSSR count). The van der Waals surface area contributed by atoms with Crippen molar-refractivity contribution in [3.05, 3.63) is 40.6 Å². The number of amidine groups is 1. The van der Waals surface area contributed by atoms with E-state index in [0.717, 1.165) is 30.0 Å². The van der Waals surface area contributed by atoms with Crippen LogP contribution in [0.2, 0.25) is 0 Å². The Kier molecular flexibility index (Phi) is 6.59. The zero-order chi connectivity index (χ0) is 24.7. The number of hydrogen-bond donors (Lipinski definition) is 0. The monoisotopic (exact) mass is 496 g/mol. The van der Waals surface area contributed by atoms with Crippen LogP contribution in [0.5, 0.6) is 0 Å². The molecule has 4 aliphatic rings. The highest BCUT2D eigenvalue weighted by molar-refractivity contribution is 8.17. The molecule has 35 heavy (non-hydrogen) atoms. The van der Waals surface area contributed by atoms with Crippen molar-refractivity contribution in [2.45, 2.75) is 52.9 Å². The highest BCUT2D eigenvalue weighted by Crippen LogP contribution is 2.52. The van der Waals surface area contributed by atoms with E-state index >= 15 is 0 Å². The summed E-state index contributed by atoms with van der Waals surface area (Å²) in [4.78, 5) is 40.1. The average Bonchev–Trinajstić information content (AvgIpc) is 3.21. The molecule has 2 amide bonds. The highest BCUT2D eigenvalue weighted by Gasteiger charge is 2.43. The smallest absolute Gasteiger partial charge is 0.261 e. The molecule has 2 atom stereocenters. The summed E-state index contributed by atoms with van der Waals surface area (Å²) >= 11 is 1.67. The van der Waals surface area contributed by atoms with Gasteiger partial charge in [0, 0.05) is 44.7 Å². The summed E-state index contributed by atoms with van der Waals surface area (Å²) in [6.45, 7) is 9.55. The number of allylic oxidation sites excluding steroid dienone is 1. The second-order valence-corrected chi connectivity index (χ2v) is 12.1. The number of benzene rings is 1. The van der Waals surface area contributed by atoms with E-state index in [1.54, 1.807) is 23.9 Å². The third-order valence-corrected chi connectivity index (χ3v) is 8.92. The molecule has 1 saturated heterocycles. The number of halogens is 1. The van der Waals surface area contributed by atoms with Crippen LogP contribution in [-0.4, -0.2) is 53.8 Å². The number of thioether (sulfide) groups is 1. The van der Waals surface area contributed by atoms with Crippen molar-refractivity contribution < 1.29 is 14.0 Å². The molecular formula is C27H33FN4O2S. The predicted octanol–water partition coefficient (Wildman–Crippen LogP) is 5.06. The SMILES string of the molecule is CC(C)(C)C1CCC2=C(C1)SC1=NC(CCC(=O)N3CCN(c4ccc(F)cc4)CC3)=NC(=O)C12. The molecule has 0 saturated carbocycles. The van der Waals surface area contributed by atoms with Gasteiger partial charge in [-0.25, -0.2) is 9.38 Å². The van der Waals surface area contributed by atoms with Gasteiger partial charge in [-0.15, -0.1) is 0 Å². The third kappa shape index (κ3) is 5.08. The van der Waals surface area contributed by atoms with Crippen LogP contribution in [0, 0.1) is 23.1 Å². The first-order valence-corrected chi connectivity index (χ1v) is 13.4. The fraction of sp³-hybridized carbons (Fsp3) is 0.556.